The van der Waals surface area contributed by atoms with Crippen LogP contribution in [0.5, 0.6) is 0 Å². The van der Waals surface area contributed by atoms with Gasteiger partial charge in [0.05, 0.1) is 6.33 Å². The summed E-state index contributed by atoms with van der Waals surface area (Å²) >= 11 is 1.88. The molecule has 0 aliphatic carbocycles. The summed E-state index contributed by atoms with van der Waals surface area (Å²) in [6.45, 7) is 5.31. The molecule has 0 amide bonds. The molecule has 6 heteroatoms. The minimum atomic E-state index is 0.438. The van der Waals surface area contributed by atoms with E-state index in [1.165, 1.54) is 16.8 Å². The van der Waals surface area contributed by atoms with E-state index >= 15 is 0 Å². The quantitative estimate of drug-likeness (QED) is 0.552. The van der Waals surface area contributed by atoms with E-state index < -0.39 is 0 Å². The highest BCUT2D eigenvalue weighted by atomic mass is 32.2. The first-order chi connectivity index (χ1) is 11.1. The second kappa shape index (κ2) is 7.00. The van der Waals surface area contributed by atoms with Crippen LogP contribution >= 0.6 is 11.8 Å². The topological polar surface area (TPSA) is 69.6 Å². The molecule has 120 valence electrons. The first-order valence-electron chi connectivity index (χ1n) is 7.79. The molecule has 1 aromatic carbocycles. The number of hydrogen-bond acceptors (Lipinski definition) is 5. The fourth-order valence-electron chi connectivity index (χ4n) is 2.44. The lowest BCUT2D eigenvalue weighted by Crippen LogP contribution is -2.00. The number of thioether (sulfide) groups is 1. The van der Waals surface area contributed by atoms with Gasteiger partial charge in [-0.2, -0.15) is 0 Å². The number of rotatable bonds is 6. The van der Waals surface area contributed by atoms with Crippen LogP contribution in [0, 0.1) is 0 Å². The number of aryl methyl sites for hydroxylation is 1. The van der Waals surface area contributed by atoms with Crippen LogP contribution in [0.2, 0.25) is 0 Å². The van der Waals surface area contributed by atoms with Crippen molar-refractivity contribution in [3.8, 4) is 0 Å². The van der Waals surface area contributed by atoms with Gasteiger partial charge in [0, 0.05) is 11.4 Å². The molecule has 0 spiro atoms. The molecule has 23 heavy (non-hydrogen) atoms. The Bertz CT molecular complexity index is 779. The lowest BCUT2D eigenvalue weighted by atomic mass is 10.0. The van der Waals surface area contributed by atoms with Crippen LogP contribution < -0.4 is 5.73 Å². The van der Waals surface area contributed by atoms with Crippen molar-refractivity contribution in [2.45, 2.75) is 37.6 Å². The largest absolute Gasteiger partial charge is 0.382 e. The van der Waals surface area contributed by atoms with Crippen LogP contribution in [-0.4, -0.2) is 25.3 Å². The Balaban J connectivity index is 1.54. The summed E-state index contributed by atoms with van der Waals surface area (Å²) in [6.07, 6.45) is 4.32. The van der Waals surface area contributed by atoms with E-state index in [1.807, 2.05) is 16.3 Å². The van der Waals surface area contributed by atoms with Gasteiger partial charge in [-0.05, 0) is 35.8 Å². The molecule has 2 heterocycles. The van der Waals surface area contributed by atoms with Crippen molar-refractivity contribution in [2.24, 2.45) is 0 Å². The Hall–Kier alpha value is -2.08. The van der Waals surface area contributed by atoms with Crippen molar-refractivity contribution < 1.29 is 0 Å². The summed E-state index contributed by atoms with van der Waals surface area (Å²) < 4.78 is 2.04. The molecular formula is C17H21N5S. The third-order valence-corrected chi connectivity index (χ3v) is 4.89. The van der Waals surface area contributed by atoms with Gasteiger partial charge in [0.2, 0.25) is 0 Å². The first-order valence-corrected chi connectivity index (χ1v) is 8.78. The van der Waals surface area contributed by atoms with Crippen LogP contribution in [0.15, 0.2) is 41.8 Å². The van der Waals surface area contributed by atoms with Crippen molar-refractivity contribution >= 4 is 28.7 Å². The Morgan fingerprint density at radius 2 is 1.91 bits per heavy atom. The number of fused-ring (bicyclic) bond motifs is 1. The van der Waals surface area contributed by atoms with Crippen LogP contribution in [0.1, 0.15) is 31.7 Å². The van der Waals surface area contributed by atoms with Crippen molar-refractivity contribution in [1.29, 1.82) is 0 Å². The smallest absolute Gasteiger partial charge is 0.165 e. The summed E-state index contributed by atoms with van der Waals surface area (Å²) in [4.78, 5) is 13.8. The average molecular weight is 327 g/mol. The highest BCUT2D eigenvalue weighted by Gasteiger charge is 2.07. The summed E-state index contributed by atoms with van der Waals surface area (Å²) in [6, 6.07) is 8.85. The van der Waals surface area contributed by atoms with Gasteiger partial charge in [0.15, 0.2) is 11.5 Å². The van der Waals surface area contributed by atoms with Crippen LogP contribution in [0.25, 0.3) is 11.2 Å². The van der Waals surface area contributed by atoms with E-state index in [0.29, 0.717) is 17.3 Å². The predicted octanol–water partition coefficient (Wildman–Crippen LogP) is 3.71. The molecule has 0 aliphatic heterocycles. The zero-order chi connectivity index (χ0) is 16.2. The minimum absolute atomic E-state index is 0.438. The van der Waals surface area contributed by atoms with Gasteiger partial charge >= 0.3 is 0 Å². The number of nitrogens with two attached hydrogens (primary N) is 1. The van der Waals surface area contributed by atoms with E-state index in [-0.39, 0.29) is 0 Å². The van der Waals surface area contributed by atoms with E-state index in [2.05, 4.69) is 53.1 Å². The van der Waals surface area contributed by atoms with E-state index in [9.17, 15) is 0 Å². The molecule has 2 aromatic heterocycles. The normalized spacial score (nSPS) is 11.4. The fourth-order valence-corrected chi connectivity index (χ4v) is 3.27. The first kappa shape index (κ1) is 15.8. The summed E-state index contributed by atoms with van der Waals surface area (Å²) in [5.41, 5.74) is 8.68. The molecule has 2 N–H and O–H groups in total. The maximum atomic E-state index is 5.80. The number of imidazole rings is 1. The summed E-state index contributed by atoms with van der Waals surface area (Å²) in [5, 5.41) is 0. The summed E-state index contributed by atoms with van der Waals surface area (Å²) in [5.74, 6) is 2.08. The monoisotopic (exact) mass is 327 g/mol. The molecule has 0 fully saturated rings. The molecule has 3 rings (SSSR count). The van der Waals surface area contributed by atoms with Crippen LogP contribution in [-0.2, 0) is 6.54 Å². The molecule has 0 bridgehead atoms. The average Bonchev–Trinajstić information content (AvgIpc) is 2.97. The lowest BCUT2D eigenvalue weighted by molar-refractivity contribution is 0.696. The predicted molar refractivity (Wildman–Crippen MR) is 95.6 cm³/mol. The number of anilines is 1. The fraction of sp³-hybridized carbons (Fsp3) is 0.353. The Kier molecular flexibility index (Phi) is 4.81. The molecule has 0 aliphatic rings. The minimum Gasteiger partial charge on any atom is -0.382 e. The molecule has 0 radical (unpaired) electrons. The molecule has 0 saturated carbocycles. The molecule has 0 saturated heterocycles. The van der Waals surface area contributed by atoms with Gasteiger partial charge in [0.25, 0.3) is 0 Å². The second-order valence-electron chi connectivity index (χ2n) is 5.79. The molecule has 5 nitrogen and oxygen atoms in total. The third kappa shape index (κ3) is 3.64. The zero-order valence-electron chi connectivity index (χ0n) is 13.4. The van der Waals surface area contributed by atoms with Gasteiger partial charge < -0.3 is 10.3 Å². The van der Waals surface area contributed by atoms with Crippen LogP contribution in [0.3, 0.4) is 0 Å². The Labute approximate surface area is 140 Å². The Morgan fingerprint density at radius 3 is 2.65 bits per heavy atom. The lowest BCUT2D eigenvalue weighted by Gasteiger charge is -2.07. The van der Waals surface area contributed by atoms with E-state index in [4.69, 9.17) is 5.73 Å². The standard InChI is InChI=1S/C17H21N5S/c1-12(2)13-4-6-14(7-5-13)23-9-3-8-22-11-21-15-16(18)19-10-20-17(15)22/h4-7,10-12H,3,8-9H2,1-2H3,(H2,18,19,20). The van der Waals surface area contributed by atoms with Gasteiger partial charge in [-0.3, -0.25) is 0 Å². The highest BCUT2D eigenvalue weighted by molar-refractivity contribution is 7.99. The number of benzene rings is 1. The van der Waals surface area contributed by atoms with Gasteiger partial charge in [-0.1, -0.05) is 26.0 Å². The number of nitrogens with zero attached hydrogens (tertiary/aromatic N) is 4. The van der Waals surface area contributed by atoms with Gasteiger partial charge in [-0.25, -0.2) is 15.0 Å². The third-order valence-electron chi connectivity index (χ3n) is 3.79. The van der Waals surface area contributed by atoms with Crippen molar-refractivity contribution in [1.82, 2.24) is 19.5 Å². The van der Waals surface area contributed by atoms with Crippen molar-refractivity contribution in [3.63, 3.8) is 0 Å². The SMILES string of the molecule is CC(C)c1ccc(SCCCn2cnc3c(N)ncnc32)cc1. The molecule has 3 aromatic rings. The second-order valence-corrected chi connectivity index (χ2v) is 6.96. The van der Waals surface area contributed by atoms with E-state index in [1.54, 1.807) is 6.33 Å². The maximum Gasteiger partial charge on any atom is 0.165 e. The highest BCUT2D eigenvalue weighted by Crippen LogP contribution is 2.23. The van der Waals surface area contributed by atoms with E-state index in [0.717, 1.165) is 24.4 Å². The number of hydrogen-bond donors (Lipinski definition) is 1. The van der Waals surface area contributed by atoms with Gasteiger partial charge in [-0.15, -0.1) is 11.8 Å². The zero-order valence-corrected chi connectivity index (χ0v) is 14.3. The molecule has 0 atom stereocenters. The Morgan fingerprint density at radius 1 is 1.13 bits per heavy atom. The van der Waals surface area contributed by atoms with Crippen LogP contribution in [0.4, 0.5) is 5.82 Å². The van der Waals surface area contributed by atoms with Crippen molar-refractivity contribution in [2.75, 3.05) is 11.5 Å². The molecular weight excluding hydrogens is 306 g/mol. The summed E-state index contributed by atoms with van der Waals surface area (Å²) in [7, 11) is 0. The van der Waals surface area contributed by atoms with Gasteiger partial charge in [0.1, 0.15) is 11.8 Å². The number of nitrogen functional groups attached to an aromatic ring is 1. The number of aromatic nitrogens is 4. The molecule has 0 unspecified atom stereocenters. The maximum absolute atomic E-state index is 5.80. The van der Waals surface area contributed by atoms with Crippen molar-refractivity contribution in [3.05, 3.63) is 42.5 Å².